The fraction of sp³-hybridized carbons (Fsp3) is 0.350. The second-order valence-corrected chi connectivity index (χ2v) is 5.97. The number of hydrogen-bond acceptors (Lipinski definition) is 4. The van der Waals surface area contributed by atoms with Crippen LogP contribution in [0, 0.1) is 0 Å². The summed E-state index contributed by atoms with van der Waals surface area (Å²) >= 11 is 0. The second-order valence-electron chi connectivity index (χ2n) is 5.97. The third-order valence-corrected chi connectivity index (χ3v) is 4.16. The minimum atomic E-state index is 0.0632. The van der Waals surface area contributed by atoms with Crippen LogP contribution >= 0.6 is 0 Å². The van der Waals surface area contributed by atoms with Crippen molar-refractivity contribution >= 4 is 11.6 Å². The number of aliphatic imine (C=N–C) groups is 1. The molecule has 26 heavy (non-hydrogen) atoms. The van der Waals surface area contributed by atoms with Gasteiger partial charge in [-0.25, -0.2) is 4.99 Å². The summed E-state index contributed by atoms with van der Waals surface area (Å²) in [4.78, 5) is 4.67. The van der Waals surface area contributed by atoms with Crippen LogP contribution in [0.2, 0.25) is 0 Å². The van der Waals surface area contributed by atoms with E-state index in [1.165, 1.54) is 5.56 Å². The molecule has 6 nitrogen and oxygen atoms in total. The van der Waals surface area contributed by atoms with Gasteiger partial charge in [0.15, 0.2) is 17.5 Å². The van der Waals surface area contributed by atoms with Gasteiger partial charge in [-0.05, 0) is 30.7 Å². The summed E-state index contributed by atoms with van der Waals surface area (Å²) < 4.78 is 16.6. The van der Waals surface area contributed by atoms with Crippen molar-refractivity contribution in [1.29, 1.82) is 0 Å². The molecule has 1 heterocycles. The highest BCUT2D eigenvalue weighted by molar-refractivity contribution is 5.93. The van der Waals surface area contributed by atoms with E-state index >= 15 is 0 Å². The van der Waals surface area contributed by atoms with Crippen LogP contribution in [0.1, 0.15) is 12.5 Å². The van der Waals surface area contributed by atoms with Crippen LogP contribution < -0.4 is 24.8 Å². The lowest BCUT2D eigenvalue weighted by Crippen LogP contribution is -2.32. The average molecular weight is 355 g/mol. The molecule has 2 aromatic carbocycles. The largest absolute Gasteiger partial charge is 0.493 e. The van der Waals surface area contributed by atoms with Crippen molar-refractivity contribution in [3.8, 4) is 17.2 Å². The molecule has 0 amide bonds. The molecule has 0 bridgehead atoms. The molecule has 0 aliphatic carbocycles. The fourth-order valence-corrected chi connectivity index (χ4v) is 2.91. The lowest BCUT2D eigenvalue weighted by atomic mass is 10.1. The van der Waals surface area contributed by atoms with Gasteiger partial charge in [-0.15, -0.1) is 0 Å². The quantitative estimate of drug-likeness (QED) is 0.616. The zero-order valence-corrected chi connectivity index (χ0v) is 15.4. The first-order chi connectivity index (χ1) is 12.7. The van der Waals surface area contributed by atoms with E-state index in [4.69, 9.17) is 14.2 Å². The minimum absolute atomic E-state index is 0.0632. The van der Waals surface area contributed by atoms with E-state index in [2.05, 4.69) is 21.7 Å². The van der Waals surface area contributed by atoms with Gasteiger partial charge in [-0.3, -0.25) is 0 Å². The maximum atomic E-state index is 5.95. The van der Waals surface area contributed by atoms with E-state index in [0.717, 1.165) is 24.4 Å². The van der Waals surface area contributed by atoms with Gasteiger partial charge in [0.1, 0.15) is 11.9 Å². The SMILES string of the molecule is CCNC(=NCC1Cc2ccccc2O1)Nc1ccc(OC)c(OC)c1. The molecule has 0 saturated heterocycles. The molecule has 1 unspecified atom stereocenters. The number of guanidine groups is 1. The number of para-hydroxylation sites is 1. The normalized spacial score (nSPS) is 15.8. The molecule has 6 heteroatoms. The van der Waals surface area contributed by atoms with Crippen LogP contribution in [0.5, 0.6) is 17.2 Å². The van der Waals surface area contributed by atoms with Gasteiger partial charge in [0.2, 0.25) is 0 Å². The Bertz CT molecular complexity index is 752. The molecule has 0 spiro atoms. The number of nitrogens with zero attached hydrogens (tertiary/aromatic N) is 1. The van der Waals surface area contributed by atoms with Crippen molar-refractivity contribution in [2.45, 2.75) is 19.4 Å². The summed E-state index contributed by atoms with van der Waals surface area (Å²) in [6, 6.07) is 13.8. The van der Waals surface area contributed by atoms with E-state index < -0.39 is 0 Å². The second kappa shape index (κ2) is 8.47. The van der Waals surface area contributed by atoms with Crippen LogP contribution in [-0.4, -0.2) is 39.4 Å². The van der Waals surface area contributed by atoms with E-state index in [-0.39, 0.29) is 6.10 Å². The number of nitrogens with one attached hydrogen (secondary N) is 2. The topological polar surface area (TPSA) is 64.1 Å². The summed E-state index contributed by atoms with van der Waals surface area (Å²) in [6.07, 6.45) is 0.948. The molecule has 1 aliphatic heterocycles. The Morgan fingerprint density at radius 1 is 1.15 bits per heavy atom. The van der Waals surface area contributed by atoms with Crippen molar-refractivity contribution in [3.63, 3.8) is 0 Å². The fourth-order valence-electron chi connectivity index (χ4n) is 2.91. The van der Waals surface area contributed by atoms with E-state index in [1.54, 1.807) is 14.2 Å². The first kappa shape index (κ1) is 17.9. The lowest BCUT2D eigenvalue weighted by Gasteiger charge is -2.15. The smallest absolute Gasteiger partial charge is 0.195 e. The zero-order chi connectivity index (χ0) is 18.4. The van der Waals surface area contributed by atoms with Crippen molar-refractivity contribution in [2.24, 2.45) is 4.99 Å². The van der Waals surface area contributed by atoms with Gasteiger partial charge in [0, 0.05) is 24.7 Å². The highest BCUT2D eigenvalue weighted by Crippen LogP contribution is 2.30. The highest BCUT2D eigenvalue weighted by Gasteiger charge is 2.22. The Morgan fingerprint density at radius 3 is 2.69 bits per heavy atom. The van der Waals surface area contributed by atoms with E-state index in [9.17, 15) is 0 Å². The Hall–Kier alpha value is -2.89. The number of methoxy groups -OCH3 is 2. The van der Waals surface area contributed by atoms with Crippen LogP contribution in [0.4, 0.5) is 5.69 Å². The van der Waals surface area contributed by atoms with E-state index in [1.807, 2.05) is 43.3 Å². The maximum absolute atomic E-state index is 5.95. The van der Waals surface area contributed by atoms with Crippen LogP contribution in [0.15, 0.2) is 47.5 Å². The van der Waals surface area contributed by atoms with Crippen molar-refractivity contribution in [1.82, 2.24) is 5.32 Å². The number of rotatable bonds is 6. The third kappa shape index (κ3) is 4.20. The molecule has 3 rings (SSSR count). The molecule has 1 atom stereocenters. The number of ether oxygens (including phenoxy) is 3. The monoisotopic (exact) mass is 355 g/mol. The number of fused-ring (bicyclic) bond motifs is 1. The Kier molecular flexibility index (Phi) is 5.84. The molecule has 138 valence electrons. The van der Waals surface area contributed by atoms with Crippen molar-refractivity contribution in [2.75, 3.05) is 32.6 Å². The zero-order valence-electron chi connectivity index (χ0n) is 15.4. The molecule has 2 aromatic rings. The van der Waals surface area contributed by atoms with Crippen LogP contribution in [-0.2, 0) is 6.42 Å². The molecule has 0 fully saturated rings. The van der Waals surface area contributed by atoms with Gasteiger partial charge < -0.3 is 24.8 Å². The molecule has 0 saturated carbocycles. The standard InChI is InChI=1S/C20H25N3O3/c1-4-21-20(23-15-9-10-18(24-2)19(12-15)25-3)22-13-16-11-14-7-5-6-8-17(14)26-16/h5-10,12,16H,4,11,13H2,1-3H3,(H2,21,22,23). The highest BCUT2D eigenvalue weighted by atomic mass is 16.5. The van der Waals surface area contributed by atoms with Crippen LogP contribution in [0.3, 0.4) is 0 Å². The number of anilines is 1. The first-order valence-electron chi connectivity index (χ1n) is 8.75. The van der Waals surface area contributed by atoms with Gasteiger partial charge >= 0.3 is 0 Å². The minimum Gasteiger partial charge on any atom is -0.493 e. The average Bonchev–Trinajstić information content (AvgIpc) is 3.09. The Labute approximate surface area is 154 Å². The third-order valence-electron chi connectivity index (χ3n) is 4.16. The summed E-state index contributed by atoms with van der Waals surface area (Å²) in [7, 11) is 3.24. The molecule has 1 aliphatic rings. The van der Waals surface area contributed by atoms with Crippen LogP contribution in [0.25, 0.3) is 0 Å². The molecular weight excluding hydrogens is 330 g/mol. The number of hydrogen-bond donors (Lipinski definition) is 2. The molecule has 2 N–H and O–H groups in total. The molecular formula is C20H25N3O3. The van der Waals surface area contributed by atoms with Gasteiger partial charge in [-0.2, -0.15) is 0 Å². The first-order valence-corrected chi connectivity index (χ1v) is 8.75. The summed E-state index contributed by atoms with van der Waals surface area (Å²) in [5.41, 5.74) is 2.11. The molecule has 0 aromatic heterocycles. The van der Waals surface area contributed by atoms with Gasteiger partial charge in [0.25, 0.3) is 0 Å². The van der Waals surface area contributed by atoms with Crippen molar-refractivity contribution in [3.05, 3.63) is 48.0 Å². The van der Waals surface area contributed by atoms with Crippen molar-refractivity contribution < 1.29 is 14.2 Å². The lowest BCUT2D eigenvalue weighted by molar-refractivity contribution is 0.242. The predicted octanol–water partition coefficient (Wildman–Crippen LogP) is 3.08. The number of benzene rings is 2. The van der Waals surface area contributed by atoms with Gasteiger partial charge in [-0.1, -0.05) is 18.2 Å². The Morgan fingerprint density at radius 2 is 1.96 bits per heavy atom. The predicted molar refractivity (Wildman–Crippen MR) is 104 cm³/mol. The maximum Gasteiger partial charge on any atom is 0.195 e. The Balaban J connectivity index is 1.66. The summed E-state index contributed by atoms with van der Waals surface area (Å²) in [5.74, 6) is 3.03. The summed E-state index contributed by atoms with van der Waals surface area (Å²) in [6.45, 7) is 3.38. The molecule has 0 radical (unpaired) electrons. The summed E-state index contributed by atoms with van der Waals surface area (Å²) in [5, 5.41) is 6.55. The van der Waals surface area contributed by atoms with Gasteiger partial charge in [0.05, 0.1) is 20.8 Å². The van der Waals surface area contributed by atoms with E-state index in [0.29, 0.717) is 24.0 Å².